The van der Waals surface area contributed by atoms with Gasteiger partial charge in [-0.15, -0.1) is 0 Å². The van der Waals surface area contributed by atoms with Gasteiger partial charge in [-0.3, -0.25) is 9.59 Å². The number of carbonyl (C=O) groups is 1. The number of ether oxygens (including phenoxy) is 1. The van der Waals surface area contributed by atoms with Crippen LogP contribution in [0.5, 0.6) is 0 Å². The van der Waals surface area contributed by atoms with Crippen molar-refractivity contribution < 1.29 is 14.6 Å². The lowest BCUT2D eigenvalue weighted by Crippen LogP contribution is -2.56. The molecule has 2 aliphatic rings. The van der Waals surface area contributed by atoms with E-state index < -0.39 is 6.10 Å². The van der Waals surface area contributed by atoms with Crippen LogP contribution in [-0.2, 0) is 11.3 Å². The summed E-state index contributed by atoms with van der Waals surface area (Å²) in [7, 11) is 1.74. The second-order valence-electron chi connectivity index (χ2n) is 8.97. The van der Waals surface area contributed by atoms with Crippen molar-refractivity contribution in [2.75, 3.05) is 24.3 Å². The second-order valence-corrected chi connectivity index (χ2v) is 8.97. The number of nitrogens with zero attached hydrogens (tertiary/aromatic N) is 4. The number of rotatable bonds is 9. The molecule has 3 aromatic rings. The summed E-state index contributed by atoms with van der Waals surface area (Å²) in [5.74, 6) is 0.842. The van der Waals surface area contributed by atoms with Gasteiger partial charge in [0.1, 0.15) is 22.9 Å². The Hall–Kier alpha value is -3.44. The third-order valence-corrected chi connectivity index (χ3v) is 6.40. The highest BCUT2D eigenvalue weighted by atomic mass is 16.5. The molecule has 3 atom stereocenters. The van der Waals surface area contributed by atoms with Crippen molar-refractivity contribution in [2.24, 2.45) is 5.92 Å². The van der Waals surface area contributed by atoms with Crippen LogP contribution in [0, 0.1) is 5.92 Å². The number of amides is 1. The van der Waals surface area contributed by atoms with Crippen LogP contribution in [0.2, 0.25) is 0 Å². The van der Waals surface area contributed by atoms with E-state index in [9.17, 15) is 14.7 Å². The maximum Gasteiger partial charge on any atom is 0.274 e. The number of hydrogen-bond acceptors (Lipinski definition) is 8. The van der Waals surface area contributed by atoms with Gasteiger partial charge in [0.15, 0.2) is 5.65 Å². The molecular weight excluding hydrogens is 438 g/mol. The van der Waals surface area contributed by atoms with Crippen molar-refractivity contribution in [3.05, 3.63) is 46.5 Å². The molecule has 1 unspecified atom stereocenters. The first kappa shape index (κ1) is 22.4. The SMILES string of the molecule is CNc1cc(Nc2cccn(CCOC3CC3)c2=O)nc2c(C(=O)N[C@H]3C(O)C[C@@H]3C)cnn12. The van der Waals surface area contributed by atoms with Crippen LogP contribution in [0.4, 0.5) is 17.3 Å². The predicted octanol–water partition coefficient (Wildman–Crippen LogP) is 1.35. The maximum absolute atomic E-state index is 12.9. The highest BCUT2D eigenvalue weighted by Gasteiger charge is 2.38. The monoisotopic (exact) mass is 467 g/mol. The third-order valence-electron chi connectivity index (χ3n) is 6.40. The Bertz CT molecular complexity index is 1260. The van der Waals surface area contributed by atoms with Crippen molar-refractivity contribution in [2.45, 2.75) is 51.0 Å². The van der Waals surface area contributed by atoms with E-state index >= 15 is 0 Å². The molecule has 0 bridgehead atoms. The van der Waals surface area contributed by atoms with Crippen LogP contribution in [0.1, 0.15) is 36.5 Å². The van der Waals surface area contributed by atoms with Crippen molar-refractivity contribution in [1.29, 1.82) is 0 Å². The average molecular weight is 468 g/mol. The number of pyridine rings is 1. The fraction of sp³-hybridized carbons (Fsp3) is 0.478. The number of aliphatic hydroxyl groups is 1. The van der Waals surface area contributed by atoms with E-state index in [2.05, 4.69) is 26.0 Å². The van der Waals surface area contributed by atoms with Gasteiger partial charge in [-0.25, -0.2) is 4.98 Å². The Balaban J connectivity index is 1.40. The molecule has 180 valence electrons. The molecule has 11 nitrogen and oxygen atoms in total. The second kappa shape index (κ2) is 9.07. The van der Waals surface area contributed by atoms with Gasteiger partial charge in [0.25, 0.3) is 11.5 Å². The minimum atomic E-state index is -0.547. The molecule has 1 amide bonds. The summed E-state index contributed by atoms with van der Waals surface area (Å²) in [5.41, 5.74) is 0.801. The van der Waals surface area contributed by atoms with Gasteiger partial charge in [-0.05, 0) is 37.3 Å². The standard InChI is InChI=1S/C23H29N7O4/c1-13-10-17(31)20(13)28-22(32)15-12-25-30-19(24-2)11-18(27-21(15)30)26-16-4-3-7-29(23(16)33)8-9-34-14-5-6-14/h3-4,7,11-14,17,20,24,31H,5-6,8-10H2,1-2H3,(H,26,27)(H,28,32)/t13-,17?,20+/m0/s1. The first-order valence-corrected chi connectivity index (χ1v) is 11.6. The van der Waals surface area contributed by atoms with E-state index in [4.69, 9.17) is 4.74 Å². The highest BCUT2D eigenvalue weighted by molar-refractivity contribution is 6.00. The Morgan fingerprint density at radius 3 is 2.88 bits per heavy atom. The number of aliphatic hydroxyl groups excluding tert-OH is 1. The number of anilines is 3. The molecule has 3 aromatic heterocycles. The minimum Gasteiger partial charge on any atom is -0.391 e. The van der Waals surface area contributed by atoms with Gasteiger partial charge < -0.3 is 30.4 Å². The Morgan fingerprint density at radius 1 is 1.35 bits per heavy atom. The predicted molar refractivity (Wildman–Crippen MR) is 127 cm³/mol. The molecule has 34 heavy (non-hydrogen) atoms. The normalized spacial score (nSPS) is 21.8. The van der Waals surface area contributed by atoms with E-state index in [0.717, 1.165) is 12.8 Å². The van der Waals surface area contributed by atoms with Crippen LogP contribution >= 0.6 is 0 Å². The van der Waals surface area contributed by atoms with Crippen LogP contribution in [0.25, 0.3) is 5.65 Å². The van der Waals surface area contributed by atoms with Gasteiger partial charge in [0.05, 0.1) is 31.1 Å². The molecule has 11 heteroatoms. The fourth-order valence-electron chi connectivity index (χ4n) is 4.19. The van der Waals surface area contributed by atoms with E-state index in [1.807, 2.05) is 6.92 Å². The van der Waals surface area contributed by atoms with Gasteiger partial charge in [0, 0.05) is 25.9 Å². The largest absolute Gasteiger partial charge is 0.391 e. The van der Waals surface area contributed by atoms with Crippen molar-refractivity contribution in [3.63, 3.8) is 0 Å². The van der Waals surface area contributed by atoms with Gasteiger partial charge in [0.2, 0.25) is 0 Å². The Labute approximate surface area is 196 Å². The summed E-state index contributed by atoms with van der Waals surface area (Å²) in [5, 5.41) is 23.3. The molecule has 2 fully saturated rings. The zero-order valence-electron chi connectivity index (χ0n) is 19.2. The minimum absolute atomic E-state index is 0.186. The zero-order chi connectivity index (χ0) is 23.8. The van der Waals surface area contributed by atoms with Crippen LogP contribution < -0.4 is 21.5 Å². The molecule has 0 saturated heterocycles. The average Bonchev–Trinajstić information content (AvgIpc) is 3.55. The molecule has 2 aliphatic carbocycles. The lowest BCUT2D eigenvalue weighted by atomic mass is 9.78. The number of aromatic nitrogens is 4. The quantitative estimate of drug-likeness (QED) is 0.371. The summed E-state index contributed by atoms with van der Waals surface area (Å²) in [4.78, 5) is 30.4. The number of hydrogen-bond donors (Lipinski definition) is 4. The molecule has 4 N–H and O–H groups in total. The zero-order valence-corrected chi connectivity index (χ0v) is 19.2. The molecule has 5 rings (SSSR count). The number of nitrogens with one attached hydrogen (secondary N) is 3. The van der Waals surface area contributed by atoms with Crippen LogP contribution in [0.3, 0.4) is 0 Å². The molecule has 2 saturated carbocycles. The molecular formula is C23H29N7O4. The molecule has 3 heterocycles. The lowest BCUT2D eigenvalue weighted by molar-refractivity contribution is 0.00531. The molecule has 0 spiro atoms. The maximum atomic E-state index is 12.9. The lowest BCUT2D eigenvalue weighted by Gasteiger charge is -2.39. The number of fused-ring (bicyclic) bond motifs is 1. The van der Waals surface area contributed by atoms with Gasteiger partial charge in [-0.1, -0.05) is 6.92 Å². The summed E-state index contributed by atoms with van der Waals surface area (Å²) in [6.45, 7) is 2.94. The molecule has 0 radical (unpaired) electrons. The molecule has 0 aliphatic heterocycles. The Morgan fingerprint density at radius 2 is 2.18 bits per heavy atom. The van der Waals surface area contributed by atoms with Gasteiger partial charge in [-0.2, -0.15) is 9.61 Å². The summed E-state index contributed by atoms with van der Waals surface area (Å²) < 4.78 is 8.79. The van der Waals surface area contributed by atoms with E-state index in [1.54, 1.807) is 36.0 Å². The van der Waals surface area contributed by atoms with E-state index in [-0.39, 0.29) is 29.0 Å². The Kier molecular flexibility index (Phi) is 5.96. The highest BCUT2D eigenvalue weighted by Crippen LogP contribution is 2.28. The van der Waals surface area contributed by atoms with Gasteiger partial charge >= 0.3 is 0 Å². The molecule has 0 aromatic carbocycles. The third kappa shape index (κ3) is 4.36. The summed E-state index contributed by atoms with van der Waals surface area (Å²) in [6, 6.07) is 4.90. The van der Waals surface area contributed by atoms with Crippen LogP contribution in [-0.4, -0.2) is 62.1 Å². The first-order chi connectivity index (χ1) is 16.4. The summed E-state index contributed by atoms with van der Waals surface area (Å²) >= 11 is 0. The van der Waals surface area contributed by atoms with Crippen molar-refractivity contribution in [3.8, 4) is 0 Å². The summed E-state index contributed by atoms with van der Waals surface area (Å²) in [6.07, 6.45) is 5.82. The van der Waals surface area contributed by atoms with Crippen molar-refractivity contribution >= 4 is 28.9 Å². The number of carbonyl (C=O) groups excluding carboxylic acids is 1. The van der Waals surface area contributed by atoms with E-state index in [0.29, 0.717) is 48.6 Å². The fourth-order valence-corrected chi connectivity index (χ4v) is 4.19. The van der Waals surface area contributed by atoms with Crippen molar-refractivity contribution in [1.82, 2.24) is 24.5 Å². The van der Waals surface area contributed by atoms with E-state index in [1.165, 1.54) is 10.7 Å². The topological polar surface area (TPSA) is 135 Å². The first-order valence-electron chi connectivity index (χ1n) is 11.6. The van der Waals surface area contributed by atoms with Crippen LogP contribution in [0.15, 0.2) is 35.4 Å². The smallest absolute Gasteiger partial charge is 0.274 e.